The molecule has 0 radical (unpaired) electrons. The van der Waals surface area contributed by atoms with Crippen LogP contribution in [0.3, 0.4) is 0 Å². The third-order valence-electron chi connectivity index (χ3n) is 2.74. The number of ether oxygens (including phenoxy) is 2. The lowest BCUT2D eigenvalue weighted by atomic mass is 10.3. The van der Waals surface area contributed by atoms with E-state index in [1.807, 2.05) is 0 Å². The van der Waals surface area contributed by atoms with Crippen LogP contribution in [0.5, 0.6) is 0 Å². The van der Waals surface area contributed by atoms with Gasteiger partial charge < -0.3 is 14.6 Å². The molecule has 0 spiro atoms. The molecular weight excluding hydrogens is 442 g/mol. The Bertz CT molecular complexity index is 511. The van der Waals surface area contributed by atoms with Gasteiger partial charge in [0.25, 0.3) is 6.10 Å². The number of thioether (sulfide) groups is 2. The van der Waals surface area contributed by atoms with Crippen molar-refractivity contribution in [1.82, 2.24) is 0 Å². The van der Waals surface area contributed by atoms with Crippen molar-refractivity contribution in [3.8, 4) is 0 Å². The van der Waals surface area contributed by atoms with Crippen LogP contribution in [0, 0.1) is 0 Å². The maximum Gasteiger partial charge on any atom is 0.434 e. The first-order chi connectivity index (χ1) is 12.7. The second-order valence-corrected chi connectivity index (χ2v) is 7.78. The second-order valence-electron chi connectivity index (χ2n) is 5.22. The zero-order chi connectivity index (χ0) is 22.0. The Hall–Kier alpha value is -1.31. The lowest BCUT2D eigenvalue weighted by molar-refractivity contribution is -0.313. The van der Waals surface area contributed by atoms with Crippen molar-refractivity contribution in [3.05, 3.63) is 0 Å². The largest absolute Gasteiger partial charge is 0.481 e. The van der Waals surface area contributed by atoms with E-state index in [1.165, 1.54) is 18.7 Å². The molecule has 14 heteroatoms. The van der Waals surface area contributed by atoms with Gasteiger partial charge in [0, 0.05) is 29.4 Å². The zero-order valence-corrected chi connectivity index (χ0v) is 16.1. The van der Waals surface area contributed by atoms with Gasteiger partial charge in [-0.15, -0.1) is 0 Å². The van der Waals surface area contributed by atoms with Crippen LogP contribution in [0.4, 0.5) is 26.3 Å². The molecule has 0 bridgehead atoms. The van der Waals surface area contributed by atoms with Gasteiger partial charge in [-0.25, -0.2) is 0 Å². The monoisotopic (exact) mass is 460 g/mol. The lowest BCUT2D eigenvalue weighted by Gasteiger charge is -2.22. The van der Waals surface area contributed by atoms with Crippen molar-refractivity contribution in [1.29, 1.82) is 0 Å². The van der Waals surface area contributed by atoms with E-state index in [0.29, 0.717) is 0 Å². The van der Waals surface area contributed by atoms with Gasteiger partial charge in [0.05, 0.1) is 12.8 Å². The Morgan fingerprint density at radius 2 is 1.57 bits per heavy atom. The van der Waals surface area contributed by atoms with E-state index in [2.05, 4.69) is 4.74 Å². The number of rotatable bonds is 12. The summed E-state index contributed by atoms with van der Waals surface area (Å²) >= 11 is 2.19. The van der Waals surface area contributed by atoms with Crippen LogP contribution in [0.2, 0.25) is 0 Å². The topological polar surface area (TPSA) is 89.9 Å². The number of halogens is 6. The van der Waals surface area contributed by atoms with Crippen LogP contribution in [0.25, 0.3) is 0 Å². The van der Waals surface area contributed by atoms with Crippen LogP contribution in [0.15, 0.2) is 0 Å². The Morgan fingerprint density at radius 3 is 2.04 bits per heavy atom. The number of aliphatic carboxylic acids is 1. The summed E-state index contributed by atoms with van der Waals surface area (Å²) < 4.78 is 82.2. The molecule has 0 aliphatic rings. The third-order valence-corrected chi connectivity index (χ3v) is 5.30. The Kier molecular flexibility index (Phi) is 11.7. The summed E-state index contributed by atoms with van der Waals surface area (Å²) in [6, 6.07) is 0. The number of carboxylic acid groups (broad SMARTS) is 1. The second kappa shape index (κ2) is 12.3. The number of hydrogen-bond donors (Lipinski definition) is 1. The van der Waals surface area contributed by atoms with Crippen molar-refractivity contribution >= 4 is 41.4 Å². The van der Waals surface area contributed by atoms with Crippen molar-refractivity contribution < 1.29 is 55.3 Å². The van der Waals surface area contributed by atoms with Crippen molar-refractivity contribution in [3.63, 3.8) is 0 Å². The lowest BCUT2D eigenvalue weighted by Crippen LogP contribution is -2.45. The van der Waals surface area contributed by atoms with E-state index < -0.39 is 42.8 Å². The molecular formula is C14H18F6O6S2. The van der Waals surface area contributed by atoms with E-state index in [-0.39, 0.29) is 35.5 Å². The average molecular weight is 460 g/mol. The summed E-state index contributed by atoms with van der Waals surface area (Å²) in [6.07, 6.45) is -16.5. The van der Waals surface area contributed by atoms with E-state index in [4.69, 9.17) is 9.84 Å². The summed E-state index contributed by atoms with van der Waals surface area (Å²) in [4.78, 5) is 32.6. The highest BCUT2D eigenvalue weighted by Crippen LogP contribution is 2.36. The molecule has 164 valence electrons. The van der Waals surface area contributed by atoms with Crippen LogP contribution in [0.1, 0.15) is 19.8 Å². The molecule has 0 saturated heterocycles. The van der Waals surface area contributed by atoms with Crippen LogP contribution in [-0.2, 0) is 23.9 Å². The fraction of sp³-hybridized carbons (Fsp3) is 0.786. The Balaban J connectivity index is 4.42. The van der Waals surface area contributed by atoms with Gasteiger partial charge in [-0.05, 0) is 0 Å². The SMILES string of the molecule is CC(=O)OCC(CSCCC(=O)OC(C(F)(F)F)C(F)(F)F)SCCC(=O)O. The first kappa shape index (κ1) is 26.7. The molecule has 0 aromatic rings. The molecule has 0 aromatic carbocycles. The normalized spacial score (nSPS) is 13.3. The summed E-state index contributed by atoms with van der Waals surface area (Å²) in [5.74, 6) is -2.93. The van der Waals surface area contributed by atoms with Crippen molar-refractivity contribution in [2.24, 2.45) is 0 Å². The fourth-order valence-corrected chi connectivity index (χ4v) is 3.85. The molecule has 28 heavy (non-hydrogen) atoms. The fourth-order valence-electron chi connectivity index (χ4n) is 1.55. The minimum atomic E-state index is -5.77. The quantitative estimate of drug-likeness (QED) is 0.270. The van der Waals surface area contributed by atoms with E-state index in [0.717, 1.165) is 11.8 Å². The minimum absolute atomic E-state index is 0.0543. The summed E-state index contributed by atoms with van der Waals surface area (Å²) in [6.45, 7) is 1.11. The molecule has 0 rings (SSSR count). The molecule has 0 heterocycles. The molecule has 0 saturated carbocycles. The van der Waals surface area contributed by atoms with Gasteiger partial charge in [0.15, 0.2) is 0 Å². The molecule has 1 N–H and O–H groups in total. The van der Waals surface area contributed by atoms with Crippen molar-refractivity contribution in [2.75, 3.05) is 23.9 Å². The van der Waals surface area contributed by atoms with Crippen LogP contribution < -0.4 is 0 Å². The maximum atomic E-state index is 12.3. The van der Waals surface area contributed by atoms with Crippen molar-refractivity contribution in [2.45, 2.75) is 43.5 Å². The first-order valence-corrected chi connectivity index (χ1v) is 9.81. The number of hydrogen-bond acceptors (Lipinski definition) is 7. The van der Waals surface area contributed by atoms with E-state index >= 15 is 0 Å². The molecule has 6 nitrogen and oxygen atoms in total. The summed E-state index contributed by atoms with van der Waals surface area (Å²) in [5.41, 5.74) is 0. The molecule has 0 aromatic heterocycles. The third kappa shape index (κ3) is 13.0. The first-order valence-electron chi connectivity index (χ1n) is 7.61. The van der Waals surface area contributed by atoms with Gasteiger partial charge in [0.1, 0.15) is 6.61 Å². The number of carbonyl (C=O) groups is 3. The molecule has 0 fully saturated rings. The molecule has 0 aliphatic heterocycles. The zero-order valence-electron chi connectivity index (χ0n) is 14.5. The van der Waals surface area contributed by atoms with E-state index in [1.54, 1.807) is 0 Å². The molecule has 1 unspecified atom stereocenters. The molecule has 0 aliphatic carbocycles. The summed E-state index contributed by atoms with van der Waals surface area (Å²) in [5, 5.41) is 8.23. The van der Waals surface area contributed by atoms with Gasteiger partial charge in [-0.2, -0.15) is 49.9 Å². The van der Waals surface area contributed by atoms with Gasteiger partial charge >= 0.3 is 30.3 Å². The highest BCUT2D eigenvalue weighted by atomic mass is 32.2. The highest BCUT2D eigenvalue weighted by Gasteiger charge is 2.59. The van der Waals surface area contributed by atoms with E-state index in [9.17, 15) is 40.7 Å². The van der Waals surface area contributed by atoms with Crippen LogP contribution >= 0.6 is 23.5 Å². The minimum Gasteiger partial charge on any atom is -0.481 e. The maximum absolute atomic E-state index is 12.3. The number of carboxylic acids is 1. The smallest absolute Gasteiger partial charge is 0.434 e. The summed E-state index contributed by atoms with van der Waals surface area (Å²) in [7, 11) is 0. The number of alkyl halides is 6. The number of carbonyl (C=O) groups excluding carboxylic acids is 2. The Morgan fingerprint density at radius 1 is 1.00 bits per heavy atom. The number of esters is 2. The van der Waals surface area contributed by atoms with Crippen LogP contribution in [-0.4, -0.2) is 70.6 Å². The molecule has 0 amide bonds. The standard InChI is InChI=1S/C14H18F6O6S2/c1-8(21)25-6-9(28-5-2-10(22)23)7-27-4-3-11(24)26-12(13(15,16)17)14(18,19)20/h9,12H,2-7H2,1H3,(H,22,23). The average Bonchev–Trinajstić information content (AvgIpc) is 2.51. The van der Waals surface area contributed by atoms with Gasteiger partial charge in [-0.3, -0.25) is 14.4 Å². The predicted octanol–water partition coefficient (Wildman–Crippen LogP) is 3.29. The highest BCUT2D eigenvalue weighted by molar-refractivity contribution is 8.03. The predicted molar refractivity (Wildman–Crippen MR) is 89.1 cm³/mol. The molecule has 1 atom stereocenters. The van der Waals surface area contributed by atoms with Gasteiger partial charge in [0.2, 0.25) is 0 Å². The Labute approximate surface area is 164 Å². The van der Waals surface area contributed by atoms with Gasteiger partial charge in [-0.1, -0.05) is 0 Å².